The van der Waals surface area contributed by atoms with Crippen molar-refractivity contribution in [3.63, 3.8) is 0 Å². The van der Waals surface area contributed by atoms with Gasteiger partial charge in [0, 0.05) is 5.03 Å². The molecule has 0 heterocycles. The molecule has 0 amide bonds. The third-order valence-electron chi connectivity index (χ3n) is 1.27. The van der Waals surface area contributed by atoms with Gasteiger partial charge in [0.05, 0.1) is 6.61 Å². The zero-order chi connectivity index (χ0) is 8.10. The molecule has 0 saturated carbocycles. The Balaban J connectivity index is 2.79. The number of rotatable bonds is 2. The molecule has 0 aromatic heterocycles. The fourth-order valence-electron chi connectivity index (χ4n) is 0.776. The van der Waals surface area contributed by atoms with Crippen molar-refractivity contribution in [1.82, 2.24) is 0 Å². The van der Waals surface area contributed by atoms with Crippen molar-refractivity contribution in [2.24, 2.45) is 0 Å². The fourth-order valence-corrected chi connectivity index (χ4v) is 0.902. The van der Waals surface area contributed by atoms with Gasteiger partial charge in [-0.05, 0) is 11.6 Å². The van der Waals surface area contributed by atoms with E-state index in [0.29, 0.717) is 5.03 Å². The Hall–Kier alpha value is -0.790. The van der Waals surface area contributed by atoms with Gasteiger partial charge in [0.25, 0.3) is 0 Å². The van der Waals surface area contributed by atoms with Crippen LogP contribution in [0.2, 0.25) is 0 Å². The summed E-state index contributed by atoms with van der Waals surface area (Å²) >= 11 is 5.61. The maximum absolute atomic E-state index is 8.60. The number of hydrogen-bond donors (Lipinski definition) is 1. The van der Waals surface area contributed by atoms with E-state index in [4.69, 9.17) is 16.7 Å². The summed E-state index contributed by atoms with van der Waals surface area (Å²) in [7, 11) is 0. The van der Waals surface area contributed by atoms with Crippen LogP contribution >= 0.6 is 11.6 Å². The van der Waals surface area contributed by atoms with Gasteiger partial charge in [-0.3, -0.25) is 0 Å². The summed E-state index contributed by atoms with van der Waals surface area (Å²) in [5.41, 5.74) is 1.01. The van der Waals surface area contributed by atoms with Gasteiger partial charge in [-0.25, -0.2) is 0 Å². The standard InChI is InChI=1S/C9H9ClO/c10-9(7-11)6-8-4-2-1-3-5-8/h1-6,11H,7H2/b9-6-. The van der Waals surface area contributed by atoms with Crippen molar-refractivity contribution in [1.29, 1.82) is 0 Å². The molecule has 0 radical (unpaired) electrons. The summed E-state index contributed by atoms with van der Waals surface area (Å²) < 4.78 is 0. The summed E-state index contributed by atoms with van der Waals surface area (Å²) in [4.78, 5) is 0. The van der Waals surface area contributed by atoms with E-state index in [-0.39, 0.29) is 6.61 Å². The topological polar surface area (TPSA) is 20.2 Å². The van der Waals surface area contributed by atoms with Gasteiger partial charge in [-0.2, -0.15) is 0 Å². The third-order valence-corrected chi connectivity index (χ3v) is 1.50. The van der Waals surface area contributed by atoms with E-state index in [0.717, 1.165) is 5.56 Å². The smallest absolute Gasteiger partial charge is 0.0788 e. The van der Waals surface area contributed by atoms with Gasteiger partial charge in [0.1, 0.15) is 0 Å². The van der Waals surface area contributed by atoms with Crippen LogP contribution in [0.5, 0.6) is 0 Å². The quantitative estimate of drug-likeness (QED) is 0.718. The van der Waals surface area contributed by atoms with Crippen LogP contribution in [-0.2, 0) is 0 Å². The SMILES string of the molecule is OC/C(Cl)=C/c1ccccc1. The number of aliphatic hydroxyl groups is 1. The minimum Gasteiger partial charge on any atom is -0.391 e. The first-order valence-corrected chi connectivity index (χ1v) is 3.72. The van der Waals surface area contributed by atoms with Gasteiger partial charge in [0.15, 0.2) is 0 Å². The van der Waals surface area contributed by atoms with Gasteiger partial charge in [-0.15, -0.1) is 0 Å². The average molecular weight is 169 g/mol. The Bertz CT molecular complexity index is 241. The Morgan fingerprint density at radius 3 is 2.55 bits per heavy atom. The Morgan fingerprint density at radius 2 is 2.00 bits per heavy atom. The molecule has 0 aliphatic rings. The molecule has 0 fully saturated rings. The molecule has 0 aliphatic carbocycles. The lowest BCUT2D eigenvalue weighted by molar-refractivity contribution is 0.339. The largest absolute Gasteiger partial charge is 0.391 e. The normalized spacial score (nSPS) is 11.6. The average Bonchev–Trinajstić information content (AvgIpc) is 2.06. The molecule has 0 spiro atoms. The molecule has 0 atom stereocenters. The second kappa shape index (κ2) is 4.16. The van der Waals surface area contributed by atoms with E-state index < -0.39 is 0 Å². The van der Waals surface area contributed by atoms with Gasteiger partial charge in [-0.1, -0.05) is 41.9 Å². The molecule has 1 nitrogen and oxygen atoms in total. The molecule has 11 heavy (non-hydrogen) atoms. The van der Waals surface area contributed by atoms with E-state index in [1.807, 2.05) is 30.3 Å². The van der Waals surface area contributed by atoms with E-state index in [1.54, 1.807) is 6.08 Å². The number of benzene rings is 1. The van der Waals surface area contributed by atoms with Crippen molar-refractivity contribution >= 4 is 17.7 Å². The molecule has 1 N–H and O–H groups in total. The minimum atomic E-state index is -0.101. The highest BCUT2D eigenvalue weighted by Gasteiger charge is 1.88. The lowest BCUT2D eigenvalue weighted by atomic mass is 10.2. The lowest BCUT2D eigenvalue weighted by Gasteiger charge is -1.92. The van der Waals surface area contributed by atoms with Crippen molar-refractivity contribution in [3.05, 3.63) is 40.9 Å². The number of hydrogen-bond acceptors (Lipinski definition) is 1. The van der Waals surface area contributed by atoms with Crippen LogP contribution < -0.4 is 0 Å². The second-order valence-electron chi connectivity index (χ2n) is 2.16. The van der Waals surface area contributed by atoms with Gasteiger partial charge in [0.2, 0.25) is 0 Å². The van der Waals surface area contributed by atoms with E-state index >= 15 is 0 Å². The molecule has 58 valence electrons. The van der Waals surface area contributed by atoms with Crippen LogP contribution in [0.4, 0.5) is 0 Å². The molecular formula is C9H9ClO. The highest BCUT2D eigenvalue weighted by atomic mass is 35.5. The molecule has 0 saturated heterocycles. The van der Waals surface area contributed by atoms with E-state index in [9.17, 15) is 0 Å². The highest BCUT2D eigenvalue weighted by Crippen LogP contribution is 2.08. The second-order valence-corrected chi connectivity index (χ2v) is 2.65. The third kappa shape index (κ3) is 2.74. The predicted molar refractivity (Wildman–Crippen MR) is 47.4 cm³/mol. The summed E-state index contributed by atoms with van der Waals surface area (Å²) in [6.07, 6.45) is 1.74. The summed E-state index contributed by atoms with van der Waals surface area (Å²) in [5, 5.41) is 9.05. The highest BCUT2D eigenvalue weighted by molar-refractivity contribution is 6.31. The summed E-state index contributed by atoms with van der Waals surface area (Å²) in [6, 6.07) is 9.64. The molecular weight excluding hydrogens is 160 g/mol. The number of halogens is 1. The van der Waals surface area contributed by atoms with E-state index in [2.05, 4.69) is 0 Å². The summed E-state index contributed by atoms with van der Waals surface area (Å²) in [6.45, 7) is -0.101. The monoisotopic (exact) mass is 168 g/mol. The Morgan fingerprint density at radius 1 is 1.36 bits per heavy atom. The van der Waals surface area contributed by atoms with Gasteiger partial charge < -0.3 is 5.11 Å². The van der Waals surface area contributed by atoms with Crippen molar-refractivity contribution in [2.75, 3.05) is 6.61 Å². The zero-order valence-electron chi connectivity index (χ0n) is 6.00. The molecule has 2 heteroatoms. The first-order valence-electron chi connectivity index (χ1n) is 3.35. The zero-order valence-corrected chi connectivity index (χ0v) is 6.75. The van der Waals surface area contributed by atoms with Gasteiger partial charge >= 0.3 is 0 Å². The van der Waals surface area contributed by atoms with E-state index in [1.165, 1.54) is 0 Å². The molecule has 0 bridgehead atoms. The fraction of sp³-hybridized carbons (Fsp3) is 0.111. The van der Waals surface area contributed by atoms with Crippen molar-refractivity contribution in [2.45, 2.75) is 0 Å². The molecule has 0 aliphatic heterocycles. The van der Waals surface area contributed by atoms with Crippen LogP contribution in [-0.4, -0.2) is 11.7 Å². The summed E-state index contributed by atoms with van der Waals surface area (Å²) in [5.74, 6) is 0. The Kier molecular flexibility index (Phi) is 3.14. The number of aliphatic hydroxyl groups excluding tert-OH is 1. The van der Waals surface area contributed by atoms with Crippen LogP contribution in [0.25, 0.3) is 6.08 Å². The Labute approximate surface area is 70.9 Å². The maximum Gasteiger partial charge on any atom is 0.0788 e. The van der Waals surface area contributed by atoms with Crippen molar-refractivity contribution in [3.8, 4) is 0 Å². The van der Waals surface area contributed by atoms with Crippen LogP contribution in [0, 0.1) is 0 Å². The first kappa shape index (κ1) is 8.31. The van der Waals surface area contributed by atoms with Crippen LogP contribution in [0.1, 0.15) is 5.56 Å². The predicted octanol–water partition coefficient (Wildman–Crippen LogP) is 2.26. The molecule has 0 unspecified atom stereocenters. The maximum atomic E-state index is 8.60. The first-order chi connectivity index (χ1) is 5.33. The molecule has 1 aromatic carbocycles. The van der Waals surface area contributed by atoms with Crippen LogP contribution in [0.15, 0.2) is 35.4 Å². The van der Waals surface area contributed by atoms with Crippen LogP contribution in [0.3, 0.4) is 0 Å². The van der Waals surface area contributed by atoms with Crippen molar-refractivity contribution < 1.29 is 5.11 Å². The molecule has 1 aromatic rings. The molecule has 1 rings (SSSR count). The lowest BCUT2D eigenvalue weighted by Crippen LogP contribution is -1.79. The minimum absolute atomic E-state index is 0.101.